The van der Waals surface area contributed by atoms with Crippen molar-refractivity contribution in [2.24, 2.45) is 0 Å². The fourth-order valence-corrected chi connectivity index (χ4v) is 6.70. The third-order valence-corrected chi connectivity index (χ3v) is 10.6. The highest BCUT2D eigenvalue weighted by molar-refractivity contribution is 5.69. The number of carbonyl (C=O) groups excluding carboxylic acids is 1. The molecule has 1 aliphatic heterocycles. The van der Waals surface area contributed by atoms with Gasteiger partial charge < -0.3 is 39.4 Å². The van der Waals surface area contributed by atoms with E-state index in [4.69, 9.17) is 18.9 Å². The van der Waals surface area contributed by atoms with E-state index in [0.29, 0.717) is 13.0 Å². The van der Waals surface area contributed by atoms with Gasteiger partial charge in [-0.3, -0.25) is 4.79 Å². The molecule has 1 saturated heterocycles. The minimum Gasteiger partial charge on any atom is -0.457 e. The second kappa shape index (κ2) is 46.4. The fraction of sp³-hybridized carbons (Fsp3) is 0.596. The summed E-state index contributed by atoms with van der Waals surface area (Å²) >= 11 is 0. The molecular weight excluding hydrogens is 829 g/mol. The Morgan fingerprint density at radius 3 is 1.32 bits per heavy atom. The highest BCUT2D eigenvalue weighted by Gasteiger charge is 2.44. The van der Waals surface area contributed by atoms with Gasteiger partial charge in [0, 0.05) is 13.0 Å². The first-order valence-electron chi connectivity index (χ1n) is 25.3. The monoisotopic (exact) mass is 919 g/mol. The van der Waals surface area contributed by atoms with Gasteiger partial charge in [0.05, 0.1) is 19.8 Å². The first-order valence-corrected chi connectivity index (χ1v) is 25.3. The van der Waals surface area contributed by atoms with E-state index in [2.05, 4.69) is 148 Å². The maximum absolute atomic E-state index is 12.8. The highest BCUT2D eigenvalue weighted by atomic mass is 16.7. The van der Waals surface area contributed by atoms with Crippen LogP contribution in [0, 0.1) is 0 Å². The number of carbonyl (C=O) groups is 1. The van der Waals surface area contributed by atoms with Gasteiger partial charge in [-0.25, -0.2) is 0 Å². The van der Waals surface area contributed by atoms with Crippen molar-refractivity contribution < 1.29 is 44.2 Å². The highest BCUT2D eigenvalue weighted by Crippen LogP contribution is 2.22. The number of hydrogen-bond donors (Lipinski definition) is 4. The number of esters is 1. The zero-order valence-corrected chi connectivity index (χ0v) is 40.9. The molecule has 0 aliphatic carbocycles. The number of rotatable bonds is 41. The lowest BCUT2D eigenvalue weighted by molar-refractivity contribution is -0.305. The molecule has 9 nitrogen and oxygen atoms in total. The van der Waals surface area contributed by atoms with E-state index < -0.39 is 43.4 Å². The summed E-state index contributed by atoms with van der Waals surface area (Å²) in [7, 11) is 0. The van der Waals surface area contributed by atoms with E-state index in [0.717, 1.165) is 128 Å². The van der Waals surface area contributed by atoms with Crippen molar-refractivity contribution in [2.45, 2.75) is 192 Å². The van der Waals surface area contributed by atoms with Crippen molar-refractivity contribution in [3.63, 3.8) is 0 Å². The second-order valence-corrected chi connectivity index (χ2v) is 16.5. The van der Waals surface area contributed by atoms with Crippen molar-refractivity contribution >= 4 is 5.97 Å². The van der Waals surface area contributed by atoms with Crippen molar-refractivity contribution in [3.8, 4) is 0 Å². The standard InChI is InChI=1S/C57H90O9/c1-3-5-7-9-11-13-15-17-19-21-23-24-25-26-27-29-31-33-35-37-39-41-43-45-47-63-49-51(50-64-57-56(62)55(61)54(60)52(48-58)66-57)65-53(59)46-44-42-40-38-36-34-32-30-28-22-20-18-16-14-12-10-8-6-4-2/h5-8,11-14,17-20,23-24,26-28,30-31,33-34,36,51-52,54-58,60-62H,3-4,9-10,15-16,21-22,25,29,32,35,37-50H2,1-2H3/b7-5-,8-6-,13-11-,14-12-,19-17-,20-18-,24-23-,27-26-,30-28-,33-31-,36-34-. The van der Waals surface area contributed by atoms with Crippen LogP contribution in [0.5, 0.6) is 0 Å². The molecule has 0 radical (unpaired) electrons. The number of hydrogen-bond acceptors (Lipinski definition) is 9. The van der Waals surface area contributed by atoms with Gasteiger partial charge in [0.25, 0.3) is 0 Å². The summed E-state index contributed by atoms with van der Waals surface area (Å²) in [5.41, 5.74) is 0. The van der Waals surface area contributed by atoms with Crippen molar-refractivity contribution in [1.29, 1.82) is 0 Å². The van der Waals surface area contributed by atoms with Crippen LogP contribution in [0.25, 0.3) is 0 Å². The lowest BCUT2D eigenvalue weighted by Crippen LogP contribution is -2.59. The Kier molecular flexibility index (Phi) is 42.5. The summed E-state index contributed by atoms with van der Waals surface area (Å²) < 4.78 is 22.8. The summed E-state index contributed by atoms with van der Waals surface area (Å²) in [5.74, 6) is -0.359. The third kappa shape index (κ3) is 36.4. The van der Waals surface area contributed by atoms with E-state index in [9.17, 15) is 25.2 Å². The molecule has 372 valence electrons. The van der Waals surface area contributed by atoms with Crippen molar-refractivity contribution in [1.82, 2.24) is 0 Å². The predicted octanol–water partition coefficient (Wildman–Crippen LogP) is 12.5. The summed E-state index contributed by atoms with van der Waals surface area (Å²) in [6.45, 7) is 4.21. The van der Waals surface area contributed by atoms with Crippen LogP contribution >= 0.6 is 0 Å². The number of ether oxygens (including phenoxy) is 4. The van der Waals surface area contributed by atoms with Crippen LogP contribution in [0.15, 0.2) is 134 Å². The molecule has 6 atom stereocenters. The van der Waals surface area contributed by atoms with E-state index in [1.807, 2.05) is 0 Å². The van der Waals surface area contributed by atoms with Gasteiger partial charge in [0.15, 0.2) is 6.29 Å². The van der Waals surface area contributed by atoms with Gasteiger partial charge in [-0.1, -0.05) is 173 Å². The Hall–Kier alpha value is -3.67. The Morgan fingerprint density at radius 2 is 0.879 bits per heavy atom. The van der Waals surface area contributed by atoms with E-state index in [-0.39, 0.29) is 25.6 Å². The third-order valence-electron chi connectivity index (χ3n) is 10.6. The molecule has 9 heteroatoms. The molecule has 0 spiro atoms. The largest absolute Gasteiger partial charge is 0.457 e. The molecule has 0 bridgehead atoms. The Labute approximate surface area is 400 Å². The number of unbranched alkanes of at least 4 members (excludes halogenated alkanes) is 8. The quantitative estimate of drug-likeness (QED) is 0.0269. The van der Waals surface area contributed by atoms with Crippen LogP contribution in [0.3, 0.4) is 0 Å². The zero-order chi connectivity index (χ0) is 47.8. The molecule has 1 fully saturated rings. The Morgan fingerprint density at radius 1 is 0.485 bits per heavy atom. The van der Waals surface area contributed by atoms with Gasteiger partial charge in [-0.05, 0) is 109 Å². The minimum absolute atomic E-state index is 0.107. The molecule has 0 aromatic carbocycles. The Bertz CT molecular complexity index is 1460. The first kappa shape index (κ1) is 60.3. The molecule has 0 aromatic rings. The Balaban J connectivity index is 2.28. The average Bonchev–Trinajstić information content (AvgIpc) is 3.32. The summed E-state index contributed by atoms with van der Waals surface area (Å²) in [6.07, 6.45) is 61.9. The lowest BCUT2D eigenvalue weighted by atomic mass is 9.99. The van der Waals surface area contributed by atoms with Crippen LogP contribution in [0.4, 0.5) is 0 Å². The molecular formula is C57H90O9. The van der Waals surface area contributed by atoms with Gasteiger partial charge in [0.2, 0.25) is 0 Å². The van der Waals surface area contributed by atoms with Crippen LogP contribution in [-0.2, 0) is 23.7 Å². The second-order valence-electron chi connectivity index (χ2n) is 16.5. The number of allylic oxidation sites excluding steroid dienone is 22. The van der Waals surface area contributed by atoms with Gasteiger partial charge in [0.1, 0.15) is 30.5 Å². The molecule has 0 amide bonds. The minimum atomic E-state index is -1.56. The SMILES string of the molecule is CC/C=C\C/C=C\C/C=C\C/C=C\C/C=C\C/C=C\CCCCCCCOCC(COC1OC(CO)C(O)C(O)C1O)OC(=O)CCCCC/C=C\C/C=C\C/C=C\C/C=C\C/C=C\CC. The van der Waals surface area contributed by atoms with Crippen LogP contribution in [0.2, 0.25) is 0 Å². The molecule has 1 aliphatic rings. The van der Waals surface area contributed by atoms with Crippen LogP contribution in [0.1, 0.15) is 155 Å². The van der Waals surface area contributed by atoms with Gasteiger partial charge >= 0.3 is 5.97 Å². The van der Waals surface area contributed by atoms with E-state index >= 15 is 0 Å². The molecule has 1 heterocycles. The lowest BCUT2D eigenvalue weighted by Gasteiger charge is -2.39. The maximum Gasteiger partial charge on any atom is 0.306 e. The predicted molar refractivity (Wildman–Crippen MR) is 274 cm³/mol. The topological polar surface area (TPSA) is 135 Å². The number of aliphatic hydroxyl groups is 4. The van der Waals surface area contributed by atoms with Crippen molar-refractivity contribution in [2.75, 3.05) is 26.4 Å². The van der Waals surface area contributed by atoms with Crippen LogP contribution in [-0.4, -0.2) is 89.6 Å². The summed E-state index contributed by atoms with van der Waals surface area (Å²) in [6, 6.07) is 0. The molecule has 66 heavy (non-hydrogen) atoms. The van der Waals surface area contributed by atoms with Crippen LogP contribution < -0.4 is 0 Å². The summed E-state index contributed by atoms with van der Waals surface area (Å²) in [4.78, 5) is 12.8. The molecule has 0 saturated carbocycles. The van der Waals surface area contributed by atoms with E-state index in [1.165, 1.54) is 0 Å². The number of aliphatic hydroxyl groups excluding tert-OH is 4. The maximum atomic E-state index is 12.8. The molecule has 4 N–H and O–H groups in total. The van der Waals surface area contributed by atoms with Gasteiger partial charge in [-0.15, -0.1) is 0 Å². The normalized spacial score (nSPS) is 20.5. The smallest absolute Gasteiger partial charge is 0.306 e. The molecule has 6 unspecified atom stereocenters. The van der Waals surface area contributed by atoms with Gasteiger partial charge in [-0.2, -0.15) is 0 Å². The average molecular weight is 919 g/mol. The molecule has 0 aromatic heterocycles. The zero-order valence-electron chi connectivity index (χ0n) is 40.9. The molecule has 1 rings (SSSR count). The van der Waals surface area contributed by atoms with E-state index in [1.54, 1.807) is 0 Å². The first-order chi connectivity index (χ1) is 32.4. The van der Waals surface area contributed by atoms with Crippen molar-refractivity contribution in [3.05, 3.63) is 134 Å². The summed E-state index contributed by atoms with van der Waals surface area (Å²) in [5, 5.41) is 40.2. The fourth-order valence-electron chi connectivity index (χ4n) is 6.70.